The summed E-state index contributed by atoms with van der Waals surface area (Å²) in [5, 5.41) is 4.28. The van der Waals surface area contributed by atoms with Gasteiger partial charge in [0.25, 0.3) is 5.91 Å². The number of aryl methyl sites for hydroxylation is 2. The van der Waals surface area contributed by atoms with E-state index in [4.69, 9.17) is 0 Å². The zero-order valence-electron chi connectivity index (χ0n) is 14.4. The summed E-state index contributed by atoms with van der Waals surface area (Å²) >= 11 is 0. The highest BCUT2D eigenvalue weighted by atomic mass is 19.1. The first kappa shape index (κ1) is 17.1. The number of carbonyl (C=O) groups is 2. The molecule has 0 atom stereocenters. The molecule has 1 saturated heterocycles. The molecule has 1 aromatic carbocycles. The Bertz CT molecular complexity index is 802. The van der Waals surface area contributed by atoms with Crippen molar-refractivity contribution in [2.24, 2.45) is 0 Å². The number of carbonyl (C=O) groups excluding carboxylic acids is 2. The molecule has 3 rings (SSSR count). The molecule has 6 nitrogen and oxygen atoms in total. The van der Waals surface area contributed by atoms with Crippen molar-refractivity contribution >= 4 is 11.8 Å². The minimum atomic E-state index is -0.319. The third-order valence-corrected chi connectivity index (χ3v) is 4.37. The maximum absolute atomic E-state index is 13.3. The Balaban J connectivity index is 1.64. The van der Waals surface area contributed by atoms with Gasteiger partial charge < -0.3 is 9.80 Å². The summed E-state index contributed by atoms with van der Waals surface area (Å²) in [6.45, 7) is 5.79. The maximum atomic E-state index is 13.3. The fourth-order valence-electron chi connectivity index (χ4n) is 3.00. The van der Waals surface area contributed by atoms with Gasteiger partial charge in [-0.25, -0.2) is 4.39 Å². The molecule has 0 N–H and O–H groups in total. The standard InChI is InChI=1S/C18H21FN4O2/c1-3-23-13(2)9-16(20-23)18(25)22-8-7-21(17(24)12-22)11-14-5-4-6-15(19)10-14/h4-6,9-10H,3,7-8,11-12H2,1-2H3. The van der Waals surface area contributed by atoms with E-state index in [1.165, 1.54) is 17.0 Å². The number of halogens is 1. The second kappa shape index (κ2) is 7.04. The van der Waals surface area contributed by atoms with Crippen LogP contribution in [-0.4, -0.2) is 51.0 Å². The van der Waals surface area contributed by atoms with Gasteiger partial charge in [-0.15, -0.1) is 0 Å². The molecule has 2 heterocycles. The van der Waals surface area contributed by atoms with Crippen LogP contribution >= 0.6 is 0 Å². The molecule has 0 unspecified atom stereocenters. The predicted molar refractivity (Wildman–Crippen MR) is 90.4 cm³/mol. The molecule has 25 heavy (non-hydrogen) atoms. The topological polar surface area (TPSA) is 58.4 Å². The largest absolute Gasteiger partial charge is 0.335 e. The van der Waals surface area contributed by atoms with Gasteiger partial charge in [0, 0.05) is 31.9 Å². The van der Waals surface area contributed by atoms with Crippen LogP contribution in [0.5, 0.6) is 0 Å². The molecule has 132 valence electrons. The van der Waals surface area contributed by atoms with Gasteiger partial charge in [-0.1, -0.05) is 12.1 Å². The molecule has 2 aromatic rings. The van der Waals surface area contributed by atoms with E-state index in [2.05, 4.69) is 5.10 Å². The lowest BCUT2D eigenvalue weighted by Crippen LogP contribution is -2.51. The number of nitrogens with zero attached hydrogens (tertiary/aromatic N) is 4. The molecule has 2 amide bonds. The first-order chi connectivity index (χ1) is 12.0. The molecule has 0 radical (unpaired) electrons. The quantitative estimate of drug-likeness (QED) is 0.850. The van der Waals surface area contributed by atoms with Crippen molar-refractivity contribution in [1.82, 2.24) is 19.6 Å². The summed E-state index contributed by atoms with van der Waals surface area (Å²) in [6.07, 6.45) is 0. The lowest BCUT2D eigenvalue weighted by Gasteiger charge is -2.34. The van der Waals surface area contributed by atoms with Gasteiger partial charge in [0.1, 0.15) is 12.4 Å². The lowest BCUT2D eigenvalue weighted by atomic mass is 10.2. The van der Waals surface area contributed by atoms with E-state index in [1.807, 2.05) is 13.8 Å². The van der Waals surface area contributed by atoms with Crippen molar-refractivity contribution in [1.29, 1.82) is 0 Å². The summed E-state index contributed by atoms with van der Waals surface area (Å²) in [7, 11) is 0. The predicted octanol–water partition coefficient (Wildman–Crippen LogP) is 1.84. The molecule has 1 fully saturated rings. The molecule has 0 saturated carbocycles. The van der Waals surface area contributed by atoms with E-state index in [0.29, 0.717) is 31.9 Å². The fourth-order valence-corrected chi connectivity index (χ4v) is 3.00. The van der Waals surface area contributed by atoms with Crippen LogP contribution in [0.2, 0.25) is 0 Å². The van der Waals surface area contributed by atoms with Crippen LogP contribution in [0.25, 0.3) is 0 Å². The lowest BCUT2D eigenvalue weighted by molar-refractivity contribution is -0.135. The average molecular weight is 344 g/mol. The Kier molecular flexibility index (Phi) is 4.83. The second-order valence-electron chi connectivity index (χ2n) is 6.16. The molecular formula is C18H21FN4O2. The third kappa shape index (κ3) is 3.70. The van der Waals surface area contributed by atoms with E-state index in [0.717, 1.165) is 11.3 Å². The van der Waals surface area contributed by atoms with Crippen LogP contribution in [0.3, 0.4) is 0 Å². The van der Waals surface area contributed by atoms with Crippen LogP contribution in [-0.2, 0) is 17.9 Å². The summed E-state index contributed by atoms with van der Waals surface area (Å²) < 4.78 is 15.0. The smallest absolute Gasteiger partial charge is 0.274 e. The Hall–Kier alpha value is -2.70. The Morgan fingerprint density at radius 3 is 2.72 bits per heavy atom. The van der Waals surface area contributed by atoms with Crippen LogP contribution < -0.4 is 0 Å². The van der Waals surface area contributed by atoms with E-state index < -0.39 is 0 Å². The molecule has 1 aromatic heterocycles. The highest BCUT2D eigenvalue weighted by molar-refractivity contribution is 5.95. The summed E-state index contributed by atoms with van der Waals surface area (Å²) in [5.74, 6) is -0.690. The first-order valence-electron chi connectivity index (χ1n) is 8.34. The summed E-state index contributed by atoms with van der Waals surface area (Å²) in [6, 6.07) is 7.95. The van der Waals surface area contributed by atoms with Gasteiger partial charge >= 0.3 is 0 Å². The third-order valence-electron chi connectivity index (χ3n) is 4.37. The zero-order chi connectivity index (χ0) is 18.0. The number of aromatic nitrogens is 2. The van der Waals surface area contributed by atoms with Crippen LogP contribution in [0.1, 0.15) is 28.7 Å². The minimum Gasteiger partial charge on any atom is -0.335 e. The van der Waals surface area contributed by atoms with E-state index in [1.54, 1.807) is 27.8 Å². The van der Waals surface area contributed by atoms with Crippen molar-refractivity contribution in [2.45, 2.75) is 26.9 Å². The number of hydrogen-bond donors (Lipinski definition) is 0. The monoisotopic (exact) mass is 344 g/mol. The summed E-state index contributed by atoms with van der Waals surface area (Å²) in [4.78, 5) is 28.1. The van der Waals surface area contributed by atoms with E-state index >= 15 is 0 Å². The van der Waals surface area contributed by atoms with E-state index in [9.17, 15) is 14.0 Å². The number of amides is 2. The highest BCUT2D eigenvalue weighted by Gasteiger charge is 2.29. The molecule has 7 heteroatoms. The van der Waals surface area contributed by atoms with Gasteiger partial charge in [0.05, 0.1) is 0 Å². The van der Waals surface area contributed by atoms with Crippen LogP contribution in [0, 0.1) is 12.7 Å². The minimum absolute atomic E-state index is 0.0200. The van der Waals surface area contributed by atoms with Crippen LogP contribution in [0.15, 0.2) is 30.3 Å². The Morgan fingerprint density at radius 1 is 1.28 bits per heavy atom. The van der Waals surface area contributed by atoms with Gasteiger partial charge in [-0.3, -0.25) is 14.3 Å². The summed E-state index contributed by atoms with van der Waals surface area (Å²) in [5.41, 5.74) is 2.03. The van der Waals surface area contributed by atoms with E-state index in [-0.39, 0.29) is 24.2 Å². The Morgan fingerprint density at radius 2 is 2.08 bits per heavy atom. The highest BCUT2D eigenvalue weighted by Crippen LogP contribution is 2.14. The SMILES string of the molecule is CCn1nc(C(=O)N2CCN(Cc3cccc(F)c3)C(=O)C2)cc1C. The van der Waals surface area contributed by atoms with Crippen molar-refractivity contribution in [3.8, 4) is 0 Å². The number of hydrogen-bond acceptors (Lipinski definition) is 3. The van der Waals surface area contributed by atoms with Gasteiger partial charge in [-0.2, -0.15) is 5.10 Å². The van der Waals surface area contributed by atoms with Gasteiger partial charge in [0.2, 0.25) is 5.91 Å². The van der Waals surface area contributed by atoms with Crippen molar-refractivity contribution < 1.29 is 14.0 Å². The number of benzene rings is 1. The van der Waals surface area contributed by atoms with Crippen molar-refractivity contribution in [2.75, 3.05) is 19.6 Å². The molecule has 1 aliphatic rings. The average Bonchev–Trinajstić information content (AvgIpc) is 2.97. The maximum Gasteiger partial charge on any atom is 0.274 e. The molecule has 0 spiro atoms. The normalized spacial score (nSPS) is 14.9. The second-order valence-corrected chi connectivity index (χ2v) is 6.16. The van der Waals surface area contributed by atoms with Crippen molar-refractivity contribution in [3.63, 3.8) is 0 Å². The van der Waals surface area contributed by atoms with Gasteiger partial charge in [-0.05, 0) is 37.6 Å². The molecule has 0 bridgehead atoms. The first-order valence-corrected chi connectivity index (χ1v) is 8.34. The number of rotatable bonds is 4. The van der Waals surface area contributed by atoms with Crippen molar-refractivity contribution in [3.05, 3.63) is 53.1 Å². The fraction of sp³-hybridized carbons (Fsp3) is 0.389. The van der Waals surface area contributed by atoms with Crippen LogP contribution in [0.4, 0.5) is 4.39 Å². The Labute approximate surface area is 145 Å². The molecule has 0 aliphatic carbocycles. The molecular weight excluding hydrogens is 323 g/mol. The van der Waals surface area contributed by atoms with Gasteiger partial charge in [0.15, 0.2) is 5.69 Å². The zero-order valence-corrected chi connectivity index (χ0v) is 14.4. The molecule has 1 aliphatic heterocycles. The number of piperazine rings is 1.